The van der Waals surface area contributed by atoms with E-state index >= 15 is 0 Å². The standard InChI is InChI=1S/C87H170O17P2/c1-7-9-11-13-15-17-19-21-22-23-24-25-29-34-40-46-52-58-64-70-85(90)98-76-83(103-86(91)71-65-59-53-47-41-35-30-27-26-28-32-37-43-49-55-61-67-79(3)4)78-102-106(95,96)100-74-81(88)73-99-105(93,94)101-77-82(75-97-84(89)69-63-57-51-45-39-20-18-16-14-12-10-8-2)104-87(92)72-66-60-54-48-42-36-31-33-38-44-50-56-62-68-80(5)6/h79-83,88H,7-78H2,1-6H3,(H,93,94)(H,95,96)/t81-,82+,83+/m0/s1. The number of hydrogen-bond acceptors (Lipinski definition) is 15. The van der Waals surface area contributed by atoms with Crippen LogP contribution in [0.3, 0.4) is 0 Å². The highest BCUT2D eigenvalue weighted by Crippen LogP contribution is 2.45. The number of rotatable bonds is 86. The molecule has 630 valence electrons. The van der Waals surface area contributed by atoms with Crippen molar-refractivity contribution >= 4 is 39.5 Å². The Balaban J connectivity index is 5.25. The lowest BCUT2D eigenvalue weighted by Gasteiger charge is -2.21. The molecule has 0 aliphatic rings. The van der Waals surface area contributed by atoms with Crippen LogP contribution in [0.25, 0.3) is 0 Å². The fraction of sp³-hybridized carbons (Fsp3) is 0.954. The number of esters is 4. The number of carbonyl (C=O) groups is 4. The average molecular weight is 1550 g/mol. The number of unbranched alkanes of at least 4 members (excludes halogenated alkanes) is 56. The zero-order valence-electron chi connectivity index (χ0n) is 69.7. The van der Waals surface area contributed by atoms with Gasteiger partial charge in [0.15, 0.2) is 12.2 Å². The van der Waals surface area contributed by atoms with Crippen LogP contribution in [0.5, 0.6) is 0 Å². The van der Waals surface area contributed by atoms with Gasteiger partial charge >= 0.3 is 39.5 Å². The number of aliphatic hydroxyl groups is 1. The lowest BCUT2D eigenvalue weighted by molar-refractivity contribution is -0.161. The largest absolute Gasteiger partial charge is 0.472 e. The number of ether oxygens (including phenoxy) is 4. The van der Waals surface area contributed by atoms with Crippen molar-refractivity contribution in [1.29, 1.82) is 0 Å². The molecule has 0 aromatic rings. The van der Waals surface area contributed by atoms with Crippen LogP contribution < -0.4 is 0 Å². The summed E-state index contributed by atoms with van der Waals surface area (Å²) in [5.41, 5.74) is 0. The van der Waals surface area contributed by atoms with E-state index in [4.69, 9.17) is 37.0 Å². The first-order valence-electron chi connectivity index (χ1n) is 45.0. The van der Waals surface area contributed by atoms with Gasteiger partial charge in [0.25, 0.3) is 0 Å². The van der Waals surface area contributed by atoms with Gasteiger partial charge in [-0.05, 0) is 37.5 Å². The minimum atomic E-state index is -4.97. The van der Waals surface area contributed by atoms with Crippen LogP contribution in [0.4, 0.5) is 0 Å². The second-order valence-electron chi connectivity index (χ2n) is 32.2. The Bertz CT molecular complexity index is 2030. The number of hydrogen-bond donors (Lipinski definition) is 3. The van der Waals surface area contributed by atoms with Gasteiger partial charge in [0.1, 0.15) is 19.3 Å². The van der Waals surface area contributed by atoms with Crippen molar-refractivity contribution < 1.29 is 80.2 Å². The highest BCUT2D eigenvalue weighted by atomic mass is 31.2. The Hall–Kier alpha value is -1.94. The highest BCUT2D eigenvalue weighted by Gasteiger charge is 2.30. The Labute approximate surface area is 651 Å². The second kappa shape index (κ2) is 78.3. The molecule has 0 aromatic heterocycles. The molecule has 2 unspecified atom stereocenters. The van der Waals surface area contributed by atoms with E-state index in [2.05, 4.69) is 41.5 Å². The van der Waals surface area contributed by atoms with Gasteiger partial charge in [-0.3, -0.25) is 37.3 Å². The molecule has 3 N–H and O–H groups in total. The van der Waals surface area contributed by atoms with E-state index in [0.29, 0.717) is 25.7 Å². The van der Waals surface area contributed by atoms with Gasteiger partial charge in [0.05, 0.1) is 26.4 Å². The van der Waals surface area contributed by atoms with Crippen LogP contribution >= 0.6 is 15.6 Å². The Morgan fingerprint density at radius 2 is 0.434 bits per heavy atom. The maximum Gasteiger partial charge on any atom is 0.472 e. The maximum absolute atomic E-state index is 13.2. The summed E-state index contributed by atoms with van der Waals surface area (Å²) >= 11 is 0. The molecule has 0 spiro atoms. The van der Waals surface area contributed by atoms with Gasteiger partial charge in [0, 0.05) is 25.7 Å². The van der Waals surface area contributed by atoms with Crippen LogP contribution in [0.15, 0.2) is 0 Å². The van der Waals surface area contributed by atoms with Crippen LogP contribution in [-0.2, 0) is 65.4 Å². The summed E-state index contributed by atoms with van der Waals surface area (Å²) < 4.78 is 69.0. The van der Waals surface area contributed by atoms with Crippen LogP contribution in [-0.4, -0.2) is 96.7 Å². The topological polar surface area (TPSA) is 237 Å². The fourth-order valence-electron chi connectivity index (χ4n) is 13.6. The predicted octanol–water partition coefficient (Wildman–Crippen LogP) is 26.6. The zero-order chi connectivity index (χ0) is 77.8. The minimum absolute atomic E-state index is 0.108. The maximum atomic E-state index is 13.2. The third-order valence-electron chi connectivity index (χ3n) is 20.5. The van der Waals surface area contributed by atoms with Gasteiger partial charge < -0.3 is 33.8 Å². The lowest BCUT2D eigenvalue weighted by Crippen LogP contribution is -2.30. The average Bonchev–Trinajstić information content (AvgIpc) is 0.900. The molecule has 0 aromatic carbocycles. The molecule has 0 amide bonds. The van der Waals surface area contributed by atoms with E-state index in [0.717, 1.165) is 102 Å². The van der Waals surface area contributed by atoms with E-state index in [1.54, 1.807) is 0 Å². The molecule has 0 aliphatic heterocycles. The van der Waals surface area contributed by atoms with Crippen molar-refractivity contribution in [1.82, 2.24) is 0 Å². The van der Waals surface area contributed by atoms with E-state index < -0.39 is 97.5 Å². The van der Waals surface area contributed by atoms with Gasteiger partial charge in [-0.2, -0.15) is 0 Å². The fourth-order valence-corrected chi connectivity index (χ4v) is 15.2. The van der Waals surface area contributed by atoms with Crippen LogP contribution in [0.1, 0.15) is 465 Å². The molecule has 0 radical (unpaired) electrons. The normalized spacial score (nSPS) is 13.8. The predicted molar refractivity (Wildman–Crippen MR) is 437 cm³/mol. The Morgan fingerprint density at radius 1 is 0.255 bits per heavy atom. The van der Waals surface area contributed by atoms with Crippen molar-refractivity contribution in [3.05, 3.63) is 0 Å². The summed E-state index contributed by atoms with van der Waals surface area (Å²) in [4.78, 5) is 73.3. The molecule has 17 nitrogen and oxygen atoms in total. The van der Waals surface area contributed by atoms with E-state index in [9.17, 15) is 43.2 Å². The molecule has 0 heterocycles. The number of aliphatic hydroxyl groups excluding tert-OH is 1. The lowest BCUT2D eigenvalue weighted by atomic mass is 10.0. The number of carbonyl (C=O) groups excluding carboxylic acids is 4. The summed E-state index contributed by atoms with van der Waals surface area (Å²) in [5.74, 6) is -0.503. The van der Waals surface area contributed by atoms with Crippen molar-refractivity contribution in [2.24, 2.45) is 11.8 Å². The molecule has 0 saturated carbocycles. The molecular weight excluding hydrogens is 1380 g/mol. The summed E-state index contributed by atoms with van der Waals surface area (Å²) in [7, 11) is -9.93. The number of phosphoric acid groups is 2. The minimum Gasteiger partial charge on any atom is -0.462 e. The molecule has 0 bridgehead atoms. The van der Waals surface area contributed by atoms with Gasteiger partial charge in [-0.15, -0.1) is 0 Å². The van der Waals surface area contributed by atoms with Gasteiger partial charge in [0.2, 0.25) is 0 Å². The molecular formula is C87H170O17P2. The Morgan fingerprint density at radius 3 is 0.642 bits per heavy atom. The van der Waals surface area contributed by atoms with Gasteiger partial charge in [-0.1, -0.05) is 414 Å². The van der Waals surface area contributed by atoms with Crippen molar-refractivity contribution in [2.45, 2.75) is 484 Å². The monoisotopic (exact) mass is 1550 g/mol. The van der Waals surface area contributed by atoms with Crippen LogP contribution in [0.2, 0.25) is 0 Å². The molecule has 106 heavy (non-hydrogen) atoms. The van der Waals surface area contributed by atoms with Gasteiger partial charge in [-0.25, -0.2) is 9.13 Å². The second-order valence-corrected chi connectivity index (χ2v) is 35.1. The summed E-state index contributed by atoms with van der Waals surface area (Å²) in [5, 5.41) is 10.7. The van der Waals surface area contributed by atoms with Crippen molar-refractivity contribution in [2.75, 3.05) is 39.6 Å². The quantitative estimate of drug-likeness (QED) is 0.0222. The zero-order valence-corrected chi connectivity index (χ0v) is 71.5. The smallest absolute Gasteiger partial charge is 0.462 e. The SMILES string of the molecule is CCCCCCCCCCCCCCCCCCCCCC(=O)OC[C@H](COP(=O)(O)OC[C@@H](O)COP(=O)(O)OC[C@@H](COC(=O)CCCCCCCCCCCCCC)OC(=O)CCCCCCCCCCCCCCCC(C)C)OC(=O)CCCCCCCCCCCCCCCCCCC(C)C. The van der Waals surface area contributed by atoms with Crippen molar-refractivity contribution in [3.8, 4) is 0 Å². The first-order valence-corrected chi connectivity index (χ1v) is 48.0. The molecule has 0 rings (SSSR count). The van der Waals surface area contributed by atoms with E-state index in [-0.39, 0.29) is 25.7 Å². The van der Waals surface area contributed by atoms with Crippen molar-refractivity contribution in [3.63, 3.8) is 0 Å². The highest BCUT2D eigenvalue weighted by molar-refractivity contribution is 7.47. The summed E-state index contributed by atoms with van der Waals surface area (Å²) in [6.07, 6.45) is 70.7. The first kappa shape index (κ1) is 104. The van der Waals surface area contributed by atoms with E-state index in [1.165, 1.54) is 283 Å². The summed E-state index contributed by atoms with van der Waals surface area (Å²) in [6, 6.07) is 0. The molecule has 19 heteroatoms. The third kappa shape index (κ3) is 80.1. The molecule has 0 aliphatic carbocycles. The Kier molecular flexibility index (Phi) is 76.9. The third-order valence-corrected chi connectivity index (χ3v) is 22.4. The molecule has 0 fully saturated rings. The van der Waals surface area contributed by atoms with E-state index in [1.807, 2.05) is 0 Å². The summed E-state index contributed by atoms with van der Waals surface area (Å²) in [6.45, 7) is 9.73. The molecule has 5 atom stereocenters. The number of phosphoric ester groups is 2. The first-order chi connectivity index (χ1) is 51.4. The van der Waals surface area contributed by atoms with Crippen LogP contribution in [0, 0.1) is 11.8 Å². The molecule has 0 saturated heterocycles.